The van der Waals surface area contributed by atoms with Gasteiger partial charge in [0.15, 0.2) is 6.10 Å². The van der Waals surface area contributed by atoms with Gasteiger partial charge in [-0.15, -0.1) is 0 Å². The quantitative estimate of drug-likeness (QED) is 0.0267. The van der Waals surface area contributed by atoms with E-state index in [1.165, 1.54) is 96.3 Å². The van der Waals surface area contributed by atoms with Crippen molar-refractivity contribution in [2.75, 3.05) is 26.4 Å². The SMILES string of the molecule is CC/C=C/C/C=C/C/C=C/C/C=C/C/C=C/CCCC(=O)OC[C@H](COP(=O)(O)OCCN)OC(=O)CCCCCCCCCCCCCCCCCCCCC. The molecule has 0 fully saturated rings. The summed E-state index contributed by atoms with van der Waals surface area (Å²) >= 11 is 0. The first kappa shape index (κ1) is 54.7. The molecule has 9 nitrogen and oxygen atoms in total. The van der Waals surface area contributed by atoms with Gasteiger partial charge in [0.25, 0.3) is 0 Å². The number of carbonyl (C=O) groups excluding carboxylic acids is 2. The summed E-state index contributed by atoms with van der Waals surface area (Å²) in [6.45, 7) is 3.57. The van der Waals surface area contributed by atoms with Crippen LogP contribution in [0.3, 0.4) is 0 Å². The normalized spacial score (nSPS) is 13.8. The van der Waals surface area contributed by atoms with Crippen molar-refractivity contribution in [3.63, 3.8) is 0 Å². The molecule has 0 rings (SSSR count). The van der Waals surface area contributed by atoms with Crippen LogP contribution < -0.4 is 5.73 Å². The van der Waals surface area contributed by atoms with Crippen molar-refractivity contribution in [3.05, 3.63) is 60.8 Å². The van der Waals surface area contributed by atoms with E-state index in [0.29, 0.717) is 12.8 Å². The van der Waals surface area contributed by atoms with E-state index >= 15 is 0 Å². The molecule has 1 unspecified atom stereocenters. The number of allylic oxidation sites excluding steroid dienone is 10. The molecular weight excluding hydrogens is 737 g/mol. The van der Waals surface area contributed by atoms with Gasteiger partial charge in [0.2, 0.25) is 0 Å². The van der Waals surface area contributed by atoms with E-state index in [-0.39, 0.29) is 32.6 Å². The number of phosphoric acid groups is 1. The molecule has 0 amide bonds. The monoisotopic (exact) mass is 822 g/mol. The van der Waals surface area contributed by atoms with Gasteiger partial charge >= 0.3 is 19.8 Å². The number of hydrogen-bond donors (Lipinski definition) is 2. The molecule has 10 heteroatoms. The Kier molecular flexibility index (Phi) is 41.6. The Morgan fingerprint density at radius 1 is 0.544 bits per heavy atom. The zero-order valence-corrected chi connectivity index (χ0v) is 37.2. The highest BCUT2D eigenvalue weighted by Crippen LogP contribution is 2.43. The number of ether oxygens (including phenoxy) is 2. The van der Waals surface area contributed by atoms with Gasteiger partial charge in [0.05, 0.1) is 13.2 Å². The topological polar surface area (TPSA) is 134 Å². The summed E-state index contributed by atoms with van der Waals surface area (Å²) in [4.78, 5) is 34.9. The van der Waals surface area contributed by atoms with Crippen molar-refractivity contribution < 1.29 is 37.6 Å². The van der Waals surface area contributed by atoms with Gasteiger partial charge in [-0.1, -0.05) is 190 Å². The van der Waals surface area contributed by atoms with E-state index in [4.69, 9.17) is 24.3 Å². The maximum atomic E-state index is 12.6. The molecule has 2 atom stereocenters. The highest BCUT2D eigenvalue weighted by molar-refractivity contribution is 7.47. The van der Waals surface area contributed by atoms with Gasteiger partial charge in [-0.25, -0.2) is 4.57 Å². The minimum atomic E-state index is -4.39. The molecule has 0 aromatic rings. The van der Waals surface area contributed by atoms with Crippen LogP contribution in [0.5, 0.6) is 0 Å². The average Bonchev–Trinajstić information content (AvgIpc) is 3.20. The lowest BCUT2D eigenvalue weighted by molar-refractivity contribution is -0.161. The second-order valence-corrected chi connectivity index (χ2v) is 16.3. The lowest BCUT2D eigenvalue weighted by Crippen LogP contribution is -2.29. The van der Waals surface area contributed by atoms with Crippen LogP contribution in [0.1, 0.15) is 194 Å². The van der Waals surface area contributed by atoms with Crippen LogP contribution in [0.25, 0.3) is 0 Å². The smallest absolute Gasteiger partial charge is 0.462 e. The molecule has 0 bridgehead atoms. The Morgan fingerprint density at radius 2 is 0.965 bits per heavy atom. The number of phosphoric ester groups is 1. The Labute approximate surface area is 349 Å². The van der Waals surface area contributed by atoms with Crippen LogP contribution in [-0.4, -0.2) is 49.3 Å². The van der Waals surface area contributed by atoms with Crippen LogP contribution in [0.15, 0.2) is 60.8 Å². The van der Waals surface area contributed by atoms with Crippen molar-refractivity contribution in [1.82, 2.24) is 0 Å². The average molecular weight is 822 g/mol. The predicted octanol–water partition coefficient (Wildman–Crippen LogP) is 13.3. The second-order valence-electron chi connectivity index (χ2n) is 14.9. The van der Waals surface area contributed by atoms with E-state index in [0.717, 1.165) is 57.8 Å². The maximum absolute atomic E-state index is 12.6. The summed E-state index contributed by atoms with van der Waals surface area (Å²) in [5.74, 6) is -0.894. The first-order valence-electron chi connectivity index (χ1n) is 22.8. The van der Waals surface area contributed by atoms with E-state index < -0.39 is 32.5 Å². The van der Waals surface area contributed by atoms with E-state index in [9.17, 15) is 19.0 Å². The lowest BCUT2D eigenvalue weighted by Gasteiger charge is -2.19. The van der Waals surface area contributed by atoms with Crippen molar-refractivity contribution >= 4 is 19.8 Å². The zero-order chi connectivity index (χ0) is 41.8. The van der Waals surface area contributed by atoms with Crippen molar-refractivity contribution in [1.29, 1.82) is 0 Å². The number of nitrogens with two attached hydrogens (primary N) is 1. The fourth-order valence-corrected chi connectivity index (χ4v) is 6.85. The largest absolute Gasteiger partial charge is 0.472 e. The molecule has 0 saturated heterocycles. The third kappa shape index (κ3) is 43.1. The number of hydrogen-bond acceptors (Lipinski definition) is 8. The second kappa shape index (κ2) is 43.3. The summed E-state index contributed by atoms with van der Waals surface area (Å²) in [7, 11) is -4.39. The lowest BCUT2D eigenvalue weighted by atomic mass is 10.0. The number of carbonyl (C=O) groups is 2. The van der Waals surface area contributed by atoms with Crippen LogP contribution in [0.2, 0.25) is 0 Å². The van der Waals surface area contributed by atoms with E-state index in [1.807, 2.05) is 6.08 Å². The molecule has 0 aliphatic heterocycles. The number of esters is 2. The van der Waals surface area contributed by atoms with Crippen LogP contribution >= 0.6 is 7.82 Å². The molecule has 0 saturated carbocycles. The molecule has 0 aliphatic rings. The van der Waals surface area contributed by atoms with Crippen LogP contribution in [0.4, 0.5) is 0 Å². The van der Waals surface area contributed by atoms with E-state index in [1.54, 1.807) is 0 Å². The highest BCUT2D eigenvalue weighted by atomic mass is 31.2. The Bertz CT molecular complexity index is 1120. The maximum Gasteiger partial charge on any atom is 0.472 e. The first-order chi connectivity index (χ1) is 27.8. The third-order valence-corrected chi connectivity index (χ3v) is 10.4. The number of rotatable bonds is 42. The minimum absolute atomic E-state index is 0.0446. The summed E-state index contributed by atoms with van der Waals surface area (Å²) in [6, 6.07) is 0. The van der Waals surface area contributed by atoms with Gasteiger partial charge < -0.3 is 20.1 Å². The Morgan fingerprint density at radius 3 is 1.42 bits per heavy atom. The predicted molar refractivity (Wildman–Crippen MR) is 238 cm³/mol. The van der Waals surface area contributed by atoms with Crippen molar-refractivity contribution in [2.45, 2.75) is 200 Å². The Hall–Kier alpha value is -2.29. The first-order valence-corrected chi connectivity index (χ1v) is 24.3. The van der Waals surface area contributed by atoms with Crippen LogP contribution in [-0.2, 0) is 32.7 Å². The summed E-state index contributed by atoms with van der Waals surface area (Å²) < 4.78 is 32.8. The van der Waals surface area contributed by atoms with Crippen LogP contribution in [0, 0.1) is 0 Å². The molecule has 0 spiro atoms. The molecule has 330 valence electrons. The van der Waals surface area contributed by atoms with Gasteiger partial charge in [0, 0.05) is 19.4 Å². The fourth-order valence-electron chi connectivity index (χ4n) is 6.08. The summed E-state index contributed by atoms with van der Waals surface area (Å²) in [6.07, 6.45) is 51.2. The van der Waals surface area contributed by atoms with Crippen molar-refractivity contribution in [3.8, 4) is 0 Å². The van der Waals surface area contributed by atoms with Gasteiger partial charge in [-0.3, -0.25) is 18.6 Å². The van der Waals surface area contributed by atoms with Crippen molar-refractivity contribution in [2.24, 2.45) is 5.73 Å². The molecule has 3 N–H and O–H groups in total. The molecule has 0 heterocycles. The molecule has 0 aromatic heterocycles. The standard InChI is InChI=1S/C47H84NO8P/c1-3-5-7-9-11-13-15-17-19-21-22-24-26-28-30-32-34-36-38-40-47(50)56-45(44-55-57(51,52)54-42-41-48)43-53-46(49)39-37-35-33-31-29-27-25-23-20-18-16-14-12-10-8-6-4-2/h6,8,12,14,18,20,25,27,31,33,45H,3-5,7,9-11,13,15-17,19,21-24,26,28-30,32,34-44,48H2,1-2H3,(H,51,52)/b8-6+,14-12+,20-18+,27-25+,33-31+/t45-/m1/s1. The Balaban J connectivity index is 4.19. The minimum Gasteiger partial charge on any atom is -0.462 e. The van der Waals surface area contributed by atoms with Gasteiger partial charge in [-0.2, -0.15) is 0 Å². The molecular formula is C47H84NO8P. The third-order valence-electron chi connectivity index (χ3n) is 9.42. The molecule has 0 aliphatic carbocycles. The van der Waals surface area contributed by atoms with Gasteiger partial charge in [0.1, 0.15) is 6.61 Å². The fraction of sp³-hybridized carbons (Fsp3) is 0.745. The number of unbranched alkanes of at least 4 members (excludes halogenated alkanes) is 19. The van der Waals surface area contributed by atoms with E-state index in [2.05, 4.69) is 68.5 Å². The molecule has 0 aromatic carbocycles. The summed E-state index contributed by atoms with van der Waals surface area (Å²) in [5, 5.41) is 0. The van der Waals surface area contributed by atoms with Gasteiger partial charge in [-0.05, 0) is 51.4 Å². The molecule has 57 heavy (non-hydrogen) atoms. The summed E-state index contributed by atoms with van der Waals surface area (Å²) in [5.41, 5.74) is 5.35. The highest BCUT2D eigenvalue weighted by Gasteiger charge is 2.26. The zero-order valence-electron chi connectivity index (χ0n) is 36.3. The molecule has 0 radical (unpaired) electrons.